The molecule has 1 spiro atoms. The molecule has 2 aliphatic heterocycles. The first-order valence-electron chi connectivity index (χ1n) is 7.38. The predicted octanol–water partition coefficient (Wildman–Crippen LogP) is 1.80. The molecule has 0 bridgehead atoms. The number of amides is 3. The molecule has 9 heteroatoms. The fourth-order valence-electron chi connectivity index (χ4n) is 2.82. The number of aromatic nitrogens is 2. The average molecular weight is 348 g/mol. The third-order valence-corrected chi connectivity index (χ3v) is 5.32. The van der Waals surface area contributed by atoms with Crippen molar-refractivity contribution in [2.75, 3.05) is 11.5 Å². The van der Waals surface area contributed by atoms with Crippen molar-refractivity contribution < 1.29 is 18.5 Å². The molecule has 1 unspecified atom stereocenters. The number of thioether (sulfide) groups is 1. The van der Waals surface area contributed by atoms with E-state index in [1.807, 2.05) is 0 Å². The second-order valence-corrected chi connectivity index (χ2v) is 6.83. The summed E-state index contributed by atoms with van der Waals surface area (Å²) >= 11 is 1.64. The Bertz CT molecular complexity index is 801. The number of carbonyl (C=O) groups is 2. The largest absolute Gasteiger partial charge is 0.337 e. The Balaban J connectivity index is 1.53. The van der Waals surface area contributed by atoms with Gasteiger partial charge >= 0.3 is 6.03 Å². The summed E-state index contributed by atoms with van der Waals surface area (Å²) in [5.41, 5.74) is -0.200. The maximum absolute atomic E-state index is 13.0. The average Bonchev–Trinajstić information content (AvgIpc) is 3.27. The molecular weight excluding hydrogens is 335 g/mol. The van der Waals surface area contributed by atoms with Crippen LogP contribution in [-0.4, -0.2) is 44.0 Å². The summed E-state index contributed by atoms with van der Waals surface area (Å²) in [6, 6.07) is 5.21. The molecule has 24 heavy (non-hydrogen) atoms. The SMILES string of the molecule is O=C1NC2(CCSC2)C(=O)N1Cc1nc(-c2ccc(F)cc2)no1. The number of urea groups is 1. The molecule has 1 aromatic heterocycles. The summed E-state index contributed by atoms with van der Waals surface area (Å²) in [7, 11) is 0. The highest BCUT2D eigenvalue weighted by Gasteiger charge is 2.53. The van der Waals surface area contributed by atoms with Crippen LogP contribution in [0.1, 0.15) is 12.3 Å². The summed E-state index contributed by atoms with van der Waals surface area (Å²) < 4.78 is 18.1. The van der Waals surface area contributed by atoms with E-state index >= 15 is 0 Å². The quantitative estimate of drug-likeness (QED) is 0.851. The summed E-state index contributed by atoms with van der Waals surface area (Å²) in [6.45, 7) is -0.0781. The first-order chi connectivity index (χ1) is 11.6. The van der Waals surface area contributed by atoms with E-state index in [1.54, 1.807) is 11.8 Å². The van der Waals surface area contributed by atoms with E-state index in [-0.39, 0.29) is 30.0 Å². The minimum Gasteiger partial charge on any atom is -0.337 e. The molecule has 2 aliphatic rings. The van der Waals surface area contributed by atoms with Crippen LogP contribution in [0, 0.1) is 5.82 Å². The molecule has 4 rings (SSSR count). The Morgan fingerprint density at radius 2 is 2.12 bits per heavy atom. The van der Waals surface area contributed by atoms with Gasteiger partial charge in [0.25, 0.3) is 5.91 Å². The van der Waals surface area contributed by atoms with Crippen LogP contribution < -0.4 is 5.32 Å². The van der Waals surface area contributed by atoms with E-state index in [0.29, 0.717) is 17.7 Å². The van der Waals surface area contributed by atoms with Gasteiger partial charge in [-0.15, -0.1) is 0 Å². The monoisotopic (exact) mass is 348 g/mol. The second kappa shape index (κ2) is 5.59. The van der Waals surface area contributed by atoms with Crippen LogP contribution in [0.5, 0.6) is 0 Å². The number of imide groups is 1. The summed E-state index contributed by atoms with van der Waals surface area (Å²) in [4.78, 5) is 30.0. The van der Waals surface area contributed by atoms with Crippen molar-refractivity contribution >= 4 is 23.7 Å². The maximum Gasteiger partial charge on any atom is 0.325 e. The fourth-order valence-corrected chi connectivity index (χ4v) is 4.15. The van der Waals surface area contributed by atoms with Crippen LogP contribution in [0.25, 0.3) is 11.4 Å². The molecule has 0 saturated carbocycles. The third kappa shape index (κ3) is 2.44. The van der Waals surface area contributed by atoms with Crippen LogP contribution in [0.15, 0.2) is 28.8 Å². The molecule has 124 valence electrons. The van der Waals surface area contributed by atoms with Gasteiger partial charge in [-0.3, -0.25) is 9.69 Å². The molecule has 2 aromatic rings. The first kappa shape index (κ1) is 15.1. The zero-order valence-corrected chi connectivity index (χ0v) is 13.3. The van der Waals surface area contributed by atoms with E-state index in [4.69, 9.17) is 4.52 Å². The number of nitrogens with one attached hydrogen (secondary N) is 1. The standard InChI is InChI=1S/C15H13FN4O3S/c16-10-3-1-9(2-4-10)12-17-11(23-19-12)7-20-13(21)15(18-14(20)22)5-6-24-8-15/h1-4H,5-8H2,(H,18,22). The molecule has 0 aliphatic carbocycles. The van der Waals surface area contributed by atoms with Gasteiger partial charge in [-0.05, 0) is 36.4 Å². The molecule has 0 radical (unpaired) electrons. The highest BCUT2D eigenvalue weighted by molar-refractivity contribution is 7.99. The fraction of sp³-hybridized carbons (Fsp3) is 0.333. The van der Waals surface area contributed by atoms with Crippen molar-refractivity contribution in [3.05, 3.63) is 36.0 Å². The zero-order valence-electron chi connectivity index (χ0n) is 12.5. The lowest BCUT2D eigenvalue weighted by Crippen LogP contribution is -2.46. The Hall–Kier alpha value is -2.42. The van der Waals surface area contributed by atoms with Crippen molar-refractivity contribution in [3.63, 3.8) is 0 Å². The molecule has 3 amide bonds. The minimum absolute atomic E-state index is 0.0781. The minimum atomic E-state index is -0.790. The Morgan fingerprint density at radius 3 is 2.83 bits per heavy atom. The third-order valence-electron chi connectivity index (χ3n) is 4.13. The van der Waals surface area contributed by atoms with E-state index < -0.39 is 11.6 Å². The van der Waals surface area contributed by atoms with Crippen LogP contribution in [0.4, 0.5) is 9.18 Å². The van der Waals surface area contributed by atoms with Crippen molar-refractivity contribution in [1.82, 2.24) is 20.4 Å². The molecule has 1 N–H and O–H groups in total. The second-order valence-electron chi connectivity index (χ2n) is 5.72. The Kier molecular flexibility index (Phi) is 3.52. The summed E-state index contributed by atoms with van der Waals surface area (Å²) in [5.74, 6) is 1.25. The van der Waals surface area contributed by atoms with Gasteiger partial charge in [-0.25, -0.2) is 9.18 Å². The maximum atomic E-state index is 13.0. The lowest BCUT2D eigenvalue weighted by molar-refractivity contribution is -0.131. The van der Waals surface area contributed by atoms with Gasteiger partial charge in [-0.2, -0.15) is 16.7 Å². The van der Waals surface area contributed by atoms with Crippen LogP contribution >= 0.6 is 11.8 Å². The number of halogens is 1. The number of rotatable bonds is 3. The van der Waals surface area contributed by atoms with Gasteiger partial charge in [0.2, 0.25) is 11.7 Å². The molecule has 1 aromatic carbocycles. The van der Waals surface area contributed by atoms with Crippen LogP contribution in [0.3, 0.4) is 0 Å². The molecule has 1 atom stereocenters. The highest BCUT2D eigenvalue weighted by atomic mass is 32.2. The van der Waals surface area contributed by atoms with Gasteiger partial charge < -0.3 is 9.84 Å². The van der Waals surface area contributed by atoms with Gasteiger partial charge in [0.05, 0.1) is 0 Å². The van der Waals surface area contributed by atoms with Crippen LogP contribution in [0.2, 0.25) is 0 Å². The van der Waals surface area contributed by atoms with E-state index in [1.165, 1.54) is 24.3 Å². The zero-order chi connectivity index (χ0) is 16.7. The van der Waals surface area contributed by atoms with Gasteiger partial charge in [0.1, 0.15) is 17.9 Å². The summed E-state index contributed by atoms with van der Waals surface area (Å²) in [6.07, 6.45) is 0.628. The highest BCUT2D eigenvalue weighted by Crippen LogP contribution is 2.34. The van der Waals surface area contributed by atoms with Crippen molar-refractivity contribution in [1.29, 1.82) is 0 Å². The van der Waals surface area contributed by atoms with E-state index in [9.17, 15) is 14.0 Å². The number of hydrogen-bond acceptors (Lipinski definition) is 6. The Morgan fingerprint density at radius 1 is 1.33 bits per heavy atom. The van der Waals surface area contributed by atoms with Gasteiger partial charge in [-0.1, -0.05) is 5.16 Å². The number of hydrogen-bond donors (Lipinski definition) is 1. The molecule has 2 fully saturated rings. The van der Waals surface area contributed by atoms with Gasteiger partial charge in [0.15, 0.2) is 0 Å². The predicted molar refractivity (Wildman–Crippen MR) is 83.4 cm³/mol. The van der Waals surface area contributed by atoms with Crippen molar-refractivity contribution in [3.8, 4) is 11.4 Å². The molecule has 7 nitrogen and oxygen atoms in total. The number of nitrogens with zero attached hydrogens (tertiary/aromatic N) is 3. The molecular formula is C15H13FN4O3S. The summed E-state index contributed by atoms with van der Waals surface area (Å²) in [5, 5.41) is 6.59. The van der Waals surface area contributed by atoms with Crippen molar-refractivity contribution in [2.45, 2.75) is 18.5 Å². The lowest BCUT2D eigenvalue weighted by atomic mass is 9.99. The number of carbonyl (C=O) groups excluding carboxylic acids is 2. The van der Waals surface area contributed by atoms with Gasteiger partial charge in [0, 0.05) is 11.3 Å². The molecule has 3 heterocycles. The molecule has 2 saturated heterocycles. The van der Waals surface area contributed by atoms with Crippen molar-refractivity contribution in [2.24, 2.45) is 0 Å². The normalized spacial score (nSPS) is 23.3. The lowest BCUT2D eigenvalue weighted by Gasteiger charge is -2.18. The first-order valence-corrected chi connectivity index (χ1v) is 8.53. The van der Waals surface area contributed by atoms with Crippen LogP contribution in [-0.2, 0) is 11.3 Å². The topological polar surface area (TPSA) is 88.3 Å². The Labute approximate surface area is 140 Å². The number of benzene rings is 1. The van der Waals surface area contributed by atoms with E-state index in [0.717, 1.165) is 10.7 Å². The van der Waals surface area contributed by atoms with E-state index in [2.05, 4.69) is 15.5 Å². The smallest absolute Gasteiger partial charge is 0.325 e.